The summed E-state index contributed by atoms with van der Waals surface area (Å²) < 4.78 is 9.78. The molecular weight excluding hydrogens is 411 g/mol. The van der Waals surface area contributed by atoms with Gasteiger partial charge in [-0.05, 0) is 36.8 Å². The first-order valence-corrected chi connectivity index (χ1v) is 8.72. The second-order valence-corrected chi connectivity index (χ2v) is 6.50. The highest BCUT2D eigenvalue weighted by molar-refractivity contribution is 6.42. The summed E-state index contributed by atoms with van der Waals surface area (Å²) in [6, 6.07) is 8.15. The van der Waals surface area contributed by atoms with Crippen molar-refractivity contribution in [1.29, 1.82) is 0 Å². The third-order valence-electron chi connectivity index (χ3n) is 3.76. The summed E-state index contributed by atoms with van der Waals surface area (Å²) in [5.41, 5.74) is 0.281. The molecule has 8 nitrogen and oxygen atoms in total. The maximum Gasteiger partial charge on any atom is 0.338 e. The van der Waals surface area contributed by atoms with E-state index in [0.29, 0.717) is 10.0 Å². The third kappa shape index (κ3) is 5.34. The molecular formula is C18H16Cl2N2O6. The molecule has 0 aliphatic heterocycles. The van der Waals surface area contributed by atoms with Gasteiger partial charge in [0.25, 0.3) is 5.91 Å². The topological polar surface area (TPSA) is 108 Å². The molecule has 1 atom stereocenters. The van der Waals surface area contributed by atoms with Gasteiger partial charge in [0.1, 0.15) is 0 Å². The van der Waals surface area contributed by atoms with Crippen LogP contribution in [0.2, 0.25) is 10.0 Å². The van der Waals surface area contributed by atoms with Crippen LogP contribution < -0.4 is 10.1 Å². The number of benzene rings is 2. The molecule has 0 aliphatic carbocycles. The number of nitrogens with one attached hydrogen (secondary N) is 1. The fraction of sp³-hybridized carbons (Fsp3) is 0.222. The second kappa shape index (κ2) is 9.38. The number of hydrogen-bond acceptors (Lipinski definition) is 6. The van der Waals surface area contributed by atoms with Gasteiger partial charge in [0.15, 0.2) is 12.4 Å². The molecule has 2 rings (SSSR count). The molecule has 0 aliphatic rings. The van der Waals surface area contributed by atoms with Crippen LogP contribution in [0.3, 0.4) is 0 Å². The molecule has 0 aromatic heterocycles. The van der Waals surface area contributed by atoms with Gasteiger partial charge in [-0.2, -0.15) is 0 Å². The summed E-state index contributed by atoms with van der Waals surface area (Å²) in [4.78, 5) is 34.1. The van der Waals surface area contributed by atoms with E-state index in [4.69, 9.17) is 27.9 Å². The Morgan fingerprint density at radius 3 is 2.50 bits per heavy atom. The zero-order chi connectivity index (χ0) is 20.8. The van der Waals surface area contributed by atoms with Crippen LogP contribution in [-0.2, 0) is 9.53 Å². The summed E-state index contributed by atoms with van der Waals surface area (Å²) in [7, 11) is 1.16. The number of ether oxygens (including phenoxy) is 2. The molecule has 0 fully saturated rings. The van der Waals surface area contributed by atoms with Crippen molar-refractivity contribution in [2.45, 2.75) is 13.0 Å². The van der Waals surface area contributed by atoms with Crippen LogP contribution in [0.15, 0.2) is 36.4 Å². The predicted molar refractivity (Wildman–Crippen MR) is 103 cm³/mol. The standard InChI is InChI=1S/C18H16Cl2N2O6/c1-10(11-3-5-13(19)14(20)7-11)21-17(23)9-28-16-6-4-12(18(24)27-2)8-15(16)22(25)26/h3-8,10H,9H2,1-2H3,(H,21,23). The number of halogens is 2. The Morgan fingerprint density at radius 2 is 1.89 bits per heavy atom. The van der Waals surface area contributed by atoms with E-state index in [2.05, 4.69) is 10.1 Å². The Morgan fingerprint density at radius 1 is 1.18 bits per heavy atom. The van der Waals surface area contributed by atoms with Gasteiger partial charge in [-0.3, -0.25) is 14.9 Å². The average molecular weight is 427 g/mol. The number of nitrogens with zero attached hydrogens (tertiary/aromatic N) is 1. The summed E-state index contributed by atoms with van der Waals surface area (Å²) >= 11 is 11.8. The first kappa shape index (κ1) is 21.5. The van der Waals surface area contributed by atoms with E-state index in [1.807, 2.05) is 0 Å². The molecule has 1 amide bonds. The number of rotatable bonds is 7. The number of amides is 1. The number of carbonyl (C=O) groups excluding carboxylic acids is 2. The maximum atomic E-state index is 12.1. The first-order valence-electron chi connectivity index (χ1n) is 7.96. The van der Waals surface area contributed by atoms with E-state index in [9.17, 15) is 19.7 Å². The Bertz CT molecular complexity index is 919. The van der Waals surface area contributed by atoms with Gasteiger partial charge in [-0.25, -0.2) is 4.79 Å². The number of nitro benzene ring substituents is 1. The van der Waals surface area contributed by atoms with E-state index in [1.54, 1.807) is 25.1 Å². The third-order valence-corrected chi connectivity index (χ3v) is 4.50. The number of hydrogen-bond donors (Lipinski definition) is 1. The summed E-state index contributed by atoms with van der Waals surface area (Å²) in [6.45, 7) is 1.29. The summed E-state index contributed by atoms with van der Waals surface area (Å²) in [6.07, 6.45) is 0. The molecule has 0 heterocycles. The van der Waals surface area contributed by atoms with Crippen LogP contribution in [0.4, 0.5) is 5.69 Å². The minimum absolute atomic E-state index is 0.000703. The first-order chi connectivity index (χ1) is 13.2. The minimum Gasteiger partial charge on any atom is -0.477 e. The van der Waals surface area contributed by atoms with Crippen molar-refractivity contribution in [3.05, 3.63) is 67.7 Å². The lowest BCUT2D eigenvalue weighted by atomic mass is 10.1. The Labute approximate surface area is 170 Å². The largest absolute Gasteiger partial charge is 0.477 e. The summed E-state index contributed by atoms with van der Waals surface area (Å²) in [5.74, 6) is -1.36. The Hall–Kier alpha value is -2.84. The maximum absolute atomic E-state index is 12.1. The SMILES string of the molecule is COC(=O)c1ccc(OCC(=O)NC(C)c2ccc(Cl)c(Cl)c2)c([N+](=O)[O-])c1. The van der Waals surface area contributed by atoms with E-state index in [-0.39, 0.29) is 17.4 Å². The Kier molecular flexibility index (Phi) is 7.19. The van der Waals surface area contributed by atoms with Gasteiger partial charge in [0.05, 0.1) is 33.7 Å². The van der Waals surface area contributed by atoms with Crippen molar-refractivity contribution in [2.24, 2.45) is 0 Å². The molecule has 1 unspecified atom stereocenters. The molecule has 0 spiro atoms. The fourth-order valence-electron chi connectivity index (χ4n) is 2.32. The summed E-state index contributed by atoms with van der Waals surface area (Å²) in [5, 5.41) is 14.6. The van der Waals surface area contributed by atoms with Gasteiger partial charge < -0.3 is 14.8 Å². The quantitative estimate of drug-likeness (QED) is 0.407. The van der Waals surface area contributed by atoms with Crippen LogP contribution in [0, 0.1) is 10.1 Å². The highest BCUT2D eigenvalue weighted by Crippen LogP contribution is 2.28. The van der Waals surface area contributed by atoms with Crippen LogP contribution in [-0.4, -0.2) is 30.5 Å². The van der Waals surface area contributed by atoms with Crippen molar-refractivity contribution in [2.75, 3.05) is 13.7 Å². The highest BCUT2D eigenvalue weighted by atomic mass is 35.5. The normalized spacial score (nSPS) is 11.4. The van der Waals surface area contributed by atoms with Gasteiger partial charge in [0.2, 0.25) is 0 Å². The average Bonchev–Trinajstić information content (AvgIpc) is 2.67. The molecule has 0 bridgehead atoms. The van der Waals surface area contributed by atoms with Crippen molar-refractivity contribution >= 4 is 40.8 Å². The van der Waals surface area contributed by atoms with Crippen LogP contribution in [0.25, 0.3) is 0 Å². The molecule has 10 heteroatoms. The second-order valence-electron chi connectivity index (χ2n) is 5.68. The molecule has 1 N–H and O–H groups in total. The van der Waals surface area contributed by atoms with E-state index >= 15 is 0 Å². The van der Waals surface area contributed by atoms with Gasteiger partial charge >= 0.3 is 11.7 Å². The lowest BCUT2D eigenvalue weighted by molar-refractivity contribution is -0.385. The van der Waals surface area contributed by atoms with Gasteiger partial charge in [-0.15, -0.1) is 0 Å². The lowest BCUT2D eigenvalue weighted by Crippen LogP contribution is -2.31. The molecule has 148 valence electrons. The lowest BCUT2D eigenvalue weighted by Gasteiger charge is -2.15. The zero-order valence-electron chi connectivity index (χ0n) is 14.9. The van der Waals surface area contributed by atoms with Crippen LogP contribution in [0.1, 0.15) is 28.9 Å². The van der Waals surface area contributed by atoms with Crippen molar-refractivity contribution in [1.82, 2.24) is 5.32 Å². The molecule has 0 saturated carbocycles. The van der Waals surface area contributed by atoms with E-state index in [1.165, 1.54) is 12.1 Å². The molecule has 0 saturated heterocycles. The van der Waals surface area contributed by atoms with Gasteiger partial charge in [0, 0.05) is 6.07 Å². The van der Waals surface area contributed by atoms with Gasteiger partial charge in [-0.1, -0.05) is 29.3 Å². The van der Waals surface area contributed by atoms with Crippen molar-refractivity contribution < 1.29 is 24.0 Å². The Balaban J connectivity index is 2.04. The van der Waals surface area contributed by atoms with Crippen molar-refractivity contribution in [3.63, 3.8) is 0 Å². The number of methoxy groups -OCH3 is 1. The predicted octanol–water partition coefficient (Wildman–Crippen LogP) is 3.94. The molecule has 0 radical (unpaired) electrons. The number of esters is 1. The number of nitro groups is 1. The highest BCUT2D eigenvalue weighted by Gasteiger charge is 2.20. The van der Waals surface area contributed by atoms with Crippen LogP contribution in [0.5, 0.6) is 5.75 Å². The monoisotopic (exact) mass is 426 g/mol. The smallest absolute Gasteiger partial charge is 0.338 e. The fourth-order valence-corrected chi connectivity index (χ4v) is 2.62. The minimum atomic E-state index is -0.720. The van der Waals surface area contributed by atoms with E-state index in [0.717, 1.165) is 18.7 Å². The zero-order valence-corrected chi connectivity index (χ0v) is 16.4. The van der Waals surface area contributed by atoms with E-state index < -0.39 is 29.1 Å². The molecule has 2 aromatic rings. The van der Waals surface area contributed by atoms with Crippen LogP contribution >= 0.6 is 23.2 Å². The molecule has 28 heavy (non-hydrogen) atoms. The molecule has 2 aromatic carbocycles. The number of carbonyl (C=O) groups is 2. The van der Waals surface area contributed by atoms with Crippen molar-refractivity contribution in [3.8, 4) is 5.75 Å².